The zero-order chi connectivity index (χ0) is 22.2. The zero-order valence-electron chi connectivity index (χ0n) is 17.4. The number of carbonyl (C=O) groups excluding carboxylic acids is 1. The van der Waals surface area contributed by atoms with E-state index in [0.29, 0.717) is 36.1 Å². The van der Waals surface area contributed by atoms with E-state index in [1.165, 1.54) is 24.3 Å². The van der Waals surface area contributed by atoms with Gasteiger partial charge in [0.15, 0.2) is 0 Å². The van der Waals surface area contributed by atoms with E-state index in [-0.39, 0.29) is 11.8 Å². The number of nitrogens with zero attached hydrogens (tertiary/aromatic N) is 1. The molecule has 2 unspecified atom stereocenters. The number of hydrogen-bond acceptors (Lipinski definition) is 3. The number of benzene rings is 2. The Bertz CT molecular complexity index is 1090. The van der Waals surface area contributed by atoms with Gasteiger partial charge in [0, 0.05) is 18.5 Å². The molecule has 1 amide bonds. The first kappa shape index (κ1) is 21.9. The molecule has 1 N–H and O–H groups in total. The van der Waals surface area contributed by atoms with Gasteiger partial charge < -0.3 is 4.90 Å². The molecule has 2 aromatic carbocycles. The van der Waals surface area contributed by atoms with Gasteiger partial charge in [-0.15, -0.1) is 0 Å². The molecule has 1 saturated carbocycles. The van der Waals surface area contributed by atoms with Crippen molar-refractivity contribution in [2.24, 2.45) is 5.92 Å². The Morgan fingerprint density at radius 1 is 1.06 bits per heavy atom. The van der Waals surface area contributed by atoms with Crippen LogP contribution in [-0.4, -0.2) is 44.1 Å². The molecular weight excluding hydrogens is 422 g/mol. The largest absolute Gasteiger partial charge is 0.337 e. The highest BCUT2D eigenvalue weighted by molar-refractivity contribution is 7.88. The Hall–Kier alpha value is -2.32. The zero-order valence-corrected chi connectivity index (χ0v) is 18.2. The molecule has 2 aromatic rings. The highest BCUT2D eigenvalue weighted by Crippen LogP contribution is 2.33. The lowest BCUT2D eigenvalue weighted by Crippen LogP contribution is -2.49. The van der Waals surface area contributed by atoms with Crippen LogP contribution in [0.2, 0.25) is 0 Å². The lowest BCUT2D eigenvalue weighted by atomic mass is 9.84. The first-order valence-corrected chi connectivity index (χ1v) is 12.4. The van der Waals surface area contributed by atoms with Crippen molar-refractivity contribution in [1.82, 2.24) is 9.62 Å². The smallest absolute Gasteiger partial charge is 0.225 e. The van der Waals surface area contributed by atoms with Crippen molar-refractivity contribution in [3.63, 3.8) is 0 Å². The summed E-state index contributed by atoms with van der Waals surface area (Å²) >= 11 is 0. The molecular formula is C23H26F2N2O3S. The van der Waals surface area contributed by atoms with Crippen LogP contribution in [0.4, 0.5) is 8.78 Å². The second kappa shape index (κ2) is 8.67. The topological polar surface area (TPSA) is 66.5 Å². The normalized spacial score (nSPS) is 21.8. The standard InChI is InChI=1S/C23H26F2N2O3S/c1-31(29,30)26-21-8-9-27(23(28)16-4-2-5-16)22(21)12-15-10-18(14-20(25)11-15)17-6-3-7-19(24)13-17/h3,6-7,10-11,13-14,16,21-22,26H,2,4-5,8-9,12H2,1H3. The maximum Gasteiger partial charge on any atom is 0.225 e. The Kier molecular flexibility index (Phi) is 6.12. The average Bonchev–Trinajstić information content (AvgIpc) is 3.00. The van der Waals surface area contributed by atoms with Crippen LogP contribution < -0.4 is 4.72 Å². The van der Waals surface area contributed by atoms with Gasteiger partial charge in [0.05, 0.1) is 12.3 Å². The van der Waals surface area contributed by atoms with Gasteiger partial charge in [-0.05, 0) is 66.6 Å². The average molecular weight is 449 g/mol. The molecule has 1 aliphatic carbocycles. The summed E-state index contributed by atoms with van der Waals surface area (Å²) < 4.78 is 54.5. The SMILES string of the molecule is CS(=O)(=O)NC1CCN(C(=O)C2CCC2)C1Cc1cc(F)cc(-c2cccc(F)c2)c1. The fourth-order valence-corrected chi connectivity index (χ4v) is 5.35. The number of sulfonamides is 1. The monoisotopic (exact) mass is 448 g/mol. The molecule has 4 rings (SSSR count). The summed E-state index contributed by atoms with van der Waals surface area (Å²) in [4.78, 5) is 14.7. The Balaban J connectivity index is 1.63. The van der Waals surface area contributed by atoms with Crippen molar-refractivity contribution in [2.75, 3.05) is 12.8 Å². The minimum atomic E-state index is -3.46. The number of hydrogen-bond donors (Lipinski definition) is 1. The molecule has 8 heteroatoms. The van der Waals surface area contributed by atoms with Gasteiger partial charge in [0.25, 0.3) is 0 Å². The third-order valence-corrected chi connectivity index (χ3v) is 6.94. The fourth-order valence-electron chi connectivity index (χ4n) is 4.53. The molecule has 0 aromatic heterocycles. The molecule has 2 fully saturated rings. The molecule has 2 aliphatic rings. The number of carbonyl (C=O) groups is 1. The van der Waals surface area contributed by atoms with E-state index >= 15 is 0 Å². The fraction of sp³-hybridized carbons (Fsp3) is 0.435. The molecule has 31 heavy (non-hydrogen) atoms. The Morgan fingerprint density at radius 2 is 1.81 bits per heavy atom. The van der Waals surface area contributed by atoms with Crippen LogP contribution in [0, 0.1) is 17.6 Å². The number of likely N-dealkylation sites (tertiary alicyclic amines) is 1. The maximum absolute atomic E-state index is 14.4. The summed E-state index contributed by atoms with van der Waals surface area (Å²) in [5.41, 5.74) is 1.73. The molecule has 5 nitrogen and oxygen atoms in total. The Labute approximate surface area is 181 Å². The number of halogens is 2. The van der Waals surface area contributed by atoms with E-state index in [9.17, 15) is 22.0 Å². The van der Waals surface area contributed by atoms with E-state index in [0.717, 1.165) is 25.5 Å². The van der Waals surface area contributed by atoms with Crippen LogP contribution in [0.25, 0.3) is 11.1 Å². The van der Waals surface area contributed by atoms with Gasteiger partial charge in [0.1, 0.15) is 11.6 Å². The second-order valence-corrected chi connectivity index (χ2v) is 10.4. The summed E-state index contributed by atoms with van der Waals surface area (Å²) in [5.74, 6) is -0.821. The third kappa shape index (κ3) is 5.13. The molecule has 1 aliphatic heterocycles. The van der Waals surface area contributed by atoms with Crippen LogP contribution in [0.3, 0.4) is 0 Å². The highest BCUT2D eigenvalue weighted by Gasteiger charge is 2.41. The van der Waals surface area contributed by atoms with Crippen LogP contribution >= 0.6 is 0 Å². The molecule has 166 valence electrons. The summed E-state index contributed by atoms with van der Waals surface area (Å²) in [5, 5.41) is 0. The van der Waals surface area contributed by atoms with Crippen molar-refractivity contribution in [2.45, 2.75) is 44.2 Å². The molecule has 1 saturated heterocycles. The summed E-state index contributed by atoms with van der Waals surface area (Å²) in [7, 11) is -3.46. The van der Waals surface area contributed by atoms with Gasteiger partial charge in [-0.1, -0.05) is 24.6 Å². The molecule has 0 radical (unpaired) electrons. The van der Waals surface area contributed by atoms with E-state index in [1.54, 1.807) is 23.1 Å². The van der Waals surface area contributed by atoms with E-state index in [2.05, 4.69) is 4.72 Å². The second-order valence-electron chi connectivity index (χ2n) is 8.57. The first-order valence-electron chi connectivity index (χ1n) is 10.5. The predicted octanol–water partition coefficient (Wildman–Crippen LogP) is 3.49. The maximum atomic E-state index is 14.4. The van der Waals surface area contributed by atoms with Crippen LogP contribution in [0.5, 0.6) is 0 Å². The van der Waals surface area contributed by atoms with E-state index in [4.69, 9.17) is 0 Å². The van der Waals surface area contributed by atoms with Crippen molar-refractivity contribution < 1.29 is 22.0 Å². The van der Waals surface area contributed by atoms with E-state index < -0.39 is 33.7 Å². The molecule has 0 spiro atoms. The third-order valence-electron chi connectivity index (χ3n) is 6.21. The summed E-state index contributed by atoms with van der Waals surface area (Å²) in [6.07, 6.45) is 4.67. The lowest BCUT2D eigenvalue weighted by molar-refractivity contribution is -0.139. The van der Waals surface area contributed by atoms with Crippen LogP contribution in [0.1, 0.15) is 31.2 Å². The van der Waals surface area contributed by atoms with Crippen molar-refractivity contribution in [1.29, 1.82) is 0 Å². The number of nitrogens with one attached hydrogen (secondary N) is 1. The highest BCUT2D eigenvalue weighted by atomic mass is 32.2. The summed E-state index contributed by atoms with van der Waals surface area (Å²) in [6, 6.07) is 9.63. The van der Waals surface area contributed by atoms with Crippen LogP contribution in [-0.2, 0) is 21.2 Å². The quantitative estimate of drug-likeness (QED) is 0.736. The Morgan fingerprint density at radius 3 is 2.45 bits per heavy atom. The van der Waals surface area contributed by atoms with E-state index in [1.807, 2.05) is 0 Å². The van der Waals surface area contributed by atoms with Crippen molar-refractivity contribution >= 4 is 15.9 Å². The van der Waals surface area contributed by atoms with Gasteiger partial charge in [-0.25, -0.2) is 21.9 Å². The summed E-state index contributed by atoms with van der Waals surface area (Å²) in [6.45, 7) is 0.471. The lowest BCUT2D eigenvalue weighted by Gasteiger charge is -2.34. The molecule has 1 heterocycles. The minimum absolute atomic E-state index is 0.00477. The van der Waals surface area contributed by atoms with Crippen molar-refractivity contribution in [3.05, 3.63) is 59.7 Å². The molecule has 0 bridgehead atoms. The van der Waals surface area contributed by atoms with Gasteiger partial charge in [0.2, 0.25) is 15.9 Å². The first-order chi connectivity index (χ1) is 14.7. The number of amides is 1. The number of rotatable bonds is 6. The van der Waals surface area contributed by atoms with Crippen LogP contribution in [0.15, 0.2) is 42.5 Å². The van der Waals surface area contributed by atoms with Gasteiger partial charge >= 0.3 is 0 Å². The minimum Gasteiger partial charge on any atom is -0.337 e. The van der Waals surface area contributed by atoms with Gasteiger partial charge in [-0.3, -0.25) is 4.79 Å². The van der Waals surface area contributed by atoms with Gasteiger partial charge in [-0.2, -0.15) is 0 Å². The van der Waals surface area contributed by atoms with Crippen molar-refractivity contribution in [3.8, 4) is 11.1 Å². The predicted molar refractivity (Wildman–Crippen MR) is 115 cm³/mol. The molecule has 2 atom stereocenters.